The maximum atomic E-state index is 12.9. The Bertz CT molecular complexity index is 1460. The standard InChI is InChI=1S/C76H138O6/c1-4-7-10-13-16-19-21-23-25-27-29-31-33-35-36-37-38-39-40-42-43-45-47-49-51-53-55-57-60-63-66-69-75(78)81-72-73(71-80-74(77)68-65-62-59-18-15-12-9-6-3)82-76(79)70-67-64-61-58-56-54-52-50-48-46-44-41-34-32-30-28-26-24-22-20-17-14-11-8-5-2/h21-24,27-30,33,35,73H,4-20,25-26,31-32,34,36-72H2,1-3H3/b23-21-,24-22-,29-27-,30-28-,35-33-. The van der Waals surface area contributed by atoms with Crippen LogP contribution in [0.3, 0.4) is 0 Å². The van der Waals surface area contributed by atoms with E-state index in [1.165, 1.54) is 270 Å². The van der Waals surface area contributed by atoms with Crippen LogP contribution < -0.4 is 0 Å². The maximum Gasteiger partial charge on any atom is 0.306 e. The average molecular weight is 1150 g/mol. The summed E-state index contributed by atoms with van der Waals surface area (Å²) in [7, 11) is 0. The van der Waals surface area contributed by atoms with Gasteiger partial charge in [0.1, 0.15) is 13.2 Å². The molecule has 1 unspecified atom stereocenters. The second-order valence-electron chi connectivity index (χ2n) is 24.5. The predicted octanol–water partition coefficient (Wildman–Crippen LogP) is 25.1. The van der Waals surface area contributed by atoms with Crippen molar-refractivity contribution in [2.75, 3.05) is 13.2 Å². The molecule has 0 aliphatic rings. The molecule has 0 aromatic carbocycles. The number of rotatable bonds is 67. The lowest BCUT2D eigenvalue weighted by atomic mass is 10.0. The molecule has 0 N–H and O–H groups in total. The fraction of sp³-hybridized carbons (Fsp3) is 0.829. The Kier molecular flexibility index (Phi) is 68.1. The minimum atomic E-state index is -0.772. The fourth-order valence-electron chi connectivity index (χ4n) is 10.8. The summed E-state index contributed by atoms with van der Waals surface area (Å²) in [5.41, 5.74) is 0. The molecule has 0 spiro atoms. The van der Waals surface area contributed by atoms with E-state index in [0.717, 1.165) is 77.0 Å². The smallest absolute Gasteiger partial charge is 0.306 e. The Hall–Kier alpha value is -2.89. The molecule has 0 aromatic rings. The highest BCUT2D eigenvalue weighted by molar-refractivity contribution is 5.71. The minimum absolute atomic E-state index is 0.0698. The molecule has 0 aromatic heterocycles. The van der Waals surface area contributed by atoms with Gasteiger partial charge in [0.2, 0.25) is 0 Å². The third-order valence-corrected chi connectivity index (χ3v) is 16.2. The van der Waals surface area contributed by atoms with Crippen LogP contribution in [0, 0.1) is 0 Å². The van der Waals surface area contributed by atoms with E-state index in [2.05, 4.69) is 81.5 Å². The Morgan fingerprint density at radius 2 is 0.439 bits per heavy atom. The van der Waals surface area contributed by atoms with Crippen LogP contribution >= 0.6 is 0 Å². The van der Waals surface area contributed by atoms with Crippen molar-refractivity contribution in [3.8, 4) is 0 Å². The van der Waals surface area contributed by atoms with Crippen molar-refractivity contribution in [2.24, 2.45) is 0 Å². The highest BCUT2D eigenvalue weighted by Gasteiger charge is 2.19. The highest BCUT2D eigenvalue weighted by Crippen LogP contribution is 2.18. The second kappa shape index (κ2) is 70.6. The summed E-state index contributed by atoms with van der Waals surface area (Å²) in [6.45, 7) is 6.64. The molecule has 6 nitrogen and oxygen atoms in total. The van der Waals surface area contributed by atoms with E-state index >= 15 is 0 Å². The van der Waals surface area contributed by atoms with E-state index in [-0.39, 0.29) is 31.1 Å². The first-order valence-electron chi connectivity index (χ1n) is 36.3. The number of allylic oxidation sites excluding steroid dienone is 10. The van der Waals surface area contributed by atoms with Crippen LogP contribution in [0.1, 0.15) is 387 Å². The molecule has 1 atom stereocenters. The van der Waals surface area contributed by atoms with Gasteiger partial charge >= 0.3 is 17.9 Å². The number of esters is 3. The first-order valence-corrected chi connectivity index (χ1v) is 36.3. The van der Waals surface area contributed by atoms with Crippen molar-refractivity contribution in [1.29, 1.82) is 0 Å². The Morgan fingerprint density at radius 1 is 0.244 bits per heavy atom. The van der Waals surface area contributed by atoms with Gasteiger partial charge in [-0.05, 0) is 89.9 Å². The van der Waals surface area contributed by atoms with E-state index in [0.29, 0.717) is 19.3 Å². The molecular weight excluding hydrogens is 1010 g/mol. The number of carbonyl (C=O) groups excluding carboxylic acids is 3. The summed E-state index contributed by atoms with van der Waals surface area (Å²) >= 11 is 0. The Labute approximate surface area is 510 Å². The summed E-state index contributed by atoms with van der Waals surface area (Å²) in [4.78, 5) is 38.3. The van der Waals surface area contributed by atoms with E-state index in [9.17, 15) is 14.4 Å². The summed E-state index contributed by atoms with van der Waals surface area (Å²) in [6.07, 6.45) is 91.3. The van der Waals surface area contributed by atoms with Crippen molar-refractivity contribution in [2.45, 2.75) is 393 Å². The summed E-state index contributed by atoms with van der Waals surface area (Å²) in [6, 6.07) is 0. The highest BCUT2D eigenvalue weighted by atomic mass is 16.6. The van der Waals surface area contributed by atoms with E-state index in [1.54, 1.807) is 0 Å². The quantitative estimate of drug-likeness (QED) is 0.0261. The molecule has 478 valence electrons. The number of hydrogen-bond donors (Lipinski definition) is 0. The molecule has 0 bridgehead atoms. The SMILES string of the molecule is CCCCCCC/C=C\C/C=C\C/C=C\CCCCCCCCCCCCCCCCCCC(=O)OCC(COC(=O)CCCCCCCCCC)OC(=O)CCCCCCCCCCCCCCC/C=C\C/C=C\CCCCCCC. The fourth-order valence-corrected chi connectivity index (χ4v) is 10.8. The molecule has 6 heteroatoms. The molecule has 0 rings (SSSR count). The van der Waals surface area contributed by atoms with Gasteiger partial charge in [0, 0.05) is 19.3 Å². The summed E-state index contributed by atoms with van der Waals surface area (Å²) in [5.74, 6) is -0.852. The van der Waals surface area contributed by atoms with Gasteiger partial charge in [-0.3, -0.25) is 14.4 Å². The number of ether oxygens (including phenoxy) is 3. The third-order valence-electron chi connectivity index (χ3n) is 16.2. The molecule has 0 amide bonds. The van der Waals surface area contributed by atoms with E-state index in [4.69, 9.17) is 14.2 Å². The Morgan fingerprint density at radius 3 is 0.683 bits per heavy atom. The van der Waals surface area contributed by atoms with Gasteiger partial charge in [-0.2, -0.15) is 0 Å². The molecule has 0 heterocycles. The minimum Gasteiger partial charge on any atom is -0.462 e. The molecule has 0 radical (unpaired) electrons. The van der Waals surface area contributed by atoms with Crippen LogP contribution in [0.25, 0.3) is 0 Å². The van der Waals surface area contributed by atoms with Gasteiger partial charge in [-0.15, -0.1) is 0 Å². The number of carbonyl (C=O) groups is 3. The van der Waals surface area contributed by atoms with Gasteiger partial charge < -0.3 is 14.2 Å². The van der Waals surface area contributed by atoms with Crippen molar-refractivity contribution >= 4 is 17.9 Å². The van der Waals surface area contributed by atoms with Crippen LogP contribution in [-0.4, -0.2) is 37.2 Å². The summed E-state index contributed by atoms with van der Waals surface area (Å²) < 4.78 is 16.9. The third kappa shape index (κ3) is 67.9. The van der Waals surface area contributed by atoms with Crippen LogP contribution in [0.4, 0.5) is 0 Å². The van der Waals surface area contributed by atoms with Crippen LogP contribution in [0.5, 0.6) is 0 Å². The predicted molar refractivity (Wildman–Crippen MR) is 358 cm³/mol. The zero-order valence-corrected chi connectivity index (χ0v) is 55.0. The van der Waals surface area contributed by atoms with E-state index in [1.807, 2.05) is 0 Å². The maximum absolute atomic E-state index is 12.9. The molecule has 0 aliphatic heterocycles. The van der Waals surface area contributed by atoms with Crippen molar-refractivity contribution in [3.05, 3.63) is 60.8 Å². The van der Waals surface area contributed by atoms with Gasteiger partial charge in [0.25, 0.3) is 0 Å². The number of hydrogen-bond acceptors (Lipinski definition) is 6. The van der Waals surface area contributed by atoms with E-state index < -0.39 is 6.10 Å². The van der Waals surface area contributed by atoms with Gasteiger partial charge in [0.15, 0.2) is 6.10 Å². The number of unbranched alkanes of at least 4 members (excludes halogenated alkanes) is 46. The van der Waals surface area contributed by atoms with Gasteiger partial charge in [-0.1, -0.05) is 338 Å². The lowest BCUT2D eigenvalue weighted by Crippen LogP contribution is -2.30. The first-order chi connectivity index (χ1) is 40.5. The topological polar surface area (TPSA) is 78.9 Å². The largest absolute Gasteiger partial charge is 0.462 e. The van der Waals surface area contributed by atoms with Crippen LogP contribution in [0.15, 0.2) is 60.8 Å². The van der Waals surface area contributed by atoms with Gasteiger partial charge in [-0.25, -0.2) is 0 Å². The molecule has 0 saturated carbocycles. The van der Waals surface area contributed by atoms with Gasteiger partial charge in [0.05, 0.1) is 0 Å². The second-order valence-corrected chi connectivity index (χ2v) is 24.5. The zero-order valence-electron chi connectivity index (χ0n) is 55.0. The average Bonchev–Trinajstić information content (AvgIpc) is 3.47. The normalized spacial score (nSPS) is 12.4. The van der Waals surface area contributed by atoms with Crippen molar-refractivity contribution in [3.63, 3.8) is 0 Å². The summed E-state index contributed by atoms with van der Waals surface area (Å²) in [5, 5.41) is 0. The van der Waals surface area contributed by atoms with Crippen LogP contribution in [-0.2, 0) is 28.6 Å². The molecule has 82 heavy (non-hydrogen) atoms. The molecular formula is C76H138O6. The molecule has 0 aliphatic carbocycles. The van der Waals surface area contributed by atoms with Crippen molar-refractivity contribution < 1.29 is 28.6 Å². The lowest BCUT2D eigenvalue weighted by Gasteiger charge is -2.18. The monoisotopic (exact) mass is 1150 g/mol. The molecule has 0 saturated heterocycles. The Balaban J connectivity index is 4.06. The van der Waals surface area contributed by atoms with Crippen molar-refractivity contribution in [1.82, 2.24) is 0 Å². The van der Waals surface area contributed by atoms with Crippen LogP contribution in [0.2, 0.25) is 0 Å². The molecule has 0 fully saturated rings. The zero-order chi connectivity index (χ0) is 59.2. The lowest BCUT2D eigenvalue weighted by molar-refractivity contribution is -0.167. The first kappa shape index (κ1) is 79.1.